The standard InChI is InChI=1S/C41H63Cl2N7O7/c1-10-29(46-36(53)32-16-14-20-50(32)40(57)41(6,7)11-2)38(55)48(8)31-15-12-13-19-44-34(51)25(5)45-37(54)33(23-26-22-27(42)17-18-28(26)43)49(9)39(56)30(21-24(3)4)47-35(31)52/h17-18,22,24-25,29-33H,10-16,19-21,23H2,1-9H3,(H,44,51)(H,45,54)(H,46,53)(H,47,52)/t25-,29+,30+,31+,32+,33+/m1/s1. The van der Waals surface area contributed by atoms with Gasteiger partial charge in [-0.3, -0.25) is 33.6 Å². The molecule has 1 aromatic carbocycles. The Bertz CT molecular complexity index is 1640. The number of carbonyl (C=O) groups is 7. The van der Waals surface area contributed by atoms with Gasteiger partial charge in [-0.15, -0.1) is 0 Å². The van der Waals surface area contributed by atoms with Crippen LogP contribution in [0.1, 0.15) is 105 Å². The Kier molecular flexibility index (Phi) is 17.7. The summed E-state index contributed by atoms with van der Waals surface area (Å²) in [6.07, 6.45) is 3.27. The maximum Gasteiger partial charge on any atom is 0.245 e. The molecule has 2 fully saturated rings. The van der Waals surface area contributed by atoms with Gasteiger partial charge >= 0.3 is 0 Å². The lowest BCUT2D eigenvalue weighted by atomic mass is 9.88. The minimum absolute atomic E-state index is 0.0305. The molecule has 57 heavy (non-hydrogen) atoms. The van der Waals surface area contributed by atoms with Crippen molar-refractivity contribution in [3.05, 3.63) is 33.8 Å². The highest BCUT2D eigenvalue weighted by Crippen LogP contribution is 2.29. The molecule has 3 rings (SSSR count). The van der Waals surface area contributed by atoms with E-state index in [9.17, 15) is 33.6 Å². The molecule has 0 radical (unpaired) electrons. The van der Waals surface area contributed by atoms with Crippen molar-refractivity contribution in [2.24, 2.45) is 11.3 Å². The number of halogens is 2. The van der Waals surface area contributed by atoms with Crippen molar-refractivity contribution in [2.75, 3.05) is 27.2 Å². The molecule has 0 bridgehead atoms. The van der Waals surface area contributed by atoms with Crippen LogP contribution in [-0.4, -0.2) is 119 Å². The summed E-state index contributed by atoms with van der Waals surface area (Å²) >= 11 is 12.7. The van der Waals surface area contributed by atoms with Crippen LogP contribution in [0.4, 0.5) is 0 Å². The van der Waals surface area contributed by atoms with Crippen LogP contribution in [0.25, 0.3) is 0 Å². The highest BCUT2D eigenvalue weighted by Gasteiger charge is 2.42. The number of likely N-dealkylation sites (N-methyl/N-ethyl adjacent to an activating group) is 2. The molecule has 0 unspecified atom stereocenters. The number of hydrogen-bond donors (Lipinski definition) is 4. The van der Waals surface area contributed by atoms with Crippen LogP contribution in [0.5, 0.6) is 0 Å². The molecule has 16 heteroatoms. The van der Waals surface area contributed by atoms with E-state index in [4.69, 9.17) is 23.2 Å². The van der Waals surface area contributed by atoms with Gasteiger partial charge in [0.05, 0.1) is 0 Å². The van der Waals surface area contributed by atoms with Crippen molar-refractivity contribution < 1.29 is 33.6 Å². The van der Waals surface area contributed by atoms with Gasteiger partial charge in [-0.2, -0.15) is 0 Å². The van der Waals surface area contributed by atoms with E-state index >= 15 is 0 Å². The van der Waals surface area contributed by atoms with E-state index < -0.39 is 77.1 Å². The fourth-order valence-electron chi connectivity index (χ4n) is 7.20. The number of nitrogens with one attached hydrogen (secondary N) is 4. The highest BCUT2D eigenvalue weighted by molar-refractivity contribution is 6.33. The van der Waals surface area contributed by atoms with Gasteiger partial charge < -0.3 is 36.0 Å². The normalized spacial score (nSPS) is 23.8. The third-order valence-electron chi connectivity index (χ3n) is 11.2. The number of amides is 7. The second-order valence-corrected chi connectivity index (χ2v) is 17.3. The largest absolute Gasteiger partial charge is 0.354 e. The second kappa shape index (κ2) is 21.2. The lowest BCUT2D eigenvalue weighted by Gasteiger charge is -2.35. The molecule has 0 saturated carbocycles. The molecule has 318 valence electrons. The van der Waals surface area contributed by atoms with Crippen LogP contribution >= 0.6 is 23.2 Å². The summed E-state index contributed by atoms with van der Waals surface area (Å²) in [6, 6.07) is -1.07. The van der Waals surface area contributed by atoms with Gasteiger partial charge in [0, 0.05) is 49.1 Å². The first-order valence-corrected chi connectivity index (χ1v) is 21.0. The molecule has 1 aromatic rings. The van der Waals surface area contributed by atoms with Gasteiger partial charge in [-0.25, -0.2) is 0 Å². The molecule has 2 aliphatic rings. The molecule has 2 aliphatic heterocycles. The van der Waals surface area contributed by atoms with Crippen LogP contribution in [0.15, 0.2) is 18.2 Å². The fourth-order valence-corrected chi connectivity index (χ4v) is 7.59. The van der Waals surface area contributed by atoms with Crippen LogP contribution in [0.3, 0.4) is 0 Å². The summed E-state index contributed by atoms with van der Waals surface area (Å²) in [4.78, 5) is 101. The van der Waals surface area contributed by atoms with Crippen molar-refractivity contribution in [1.29, 1.82) is 0 Å². The number of carbonyl (C=O) groups excluding carboxylic acids is 7. The number of benzene rings is 1. The van der Waals surface area contributed by atoms with E-state index in [1.165, 1.54) is 23.9 Å². The molecular weight excluding hydrogens is 773 g/mol. The molecule has 0 aromatic heterocycles. The molecule has 0 aliphatic carbocycles. The van der Waals surface area contributed by atoms with E-state index in [1.54, 1.807) is 36.9 Å². The van der Waals surface area contributed by atoms with Crippen molar-refractivity contribution in [3.8, 4) is 0 Å². The average Bonchev–Trinajstić information content (AvgIpc) is 3.66. The zero-order chi connectivity index (χ0) is 42.8. The number of hydrogen-bond acceptors (Lipinski definition) is 7. The van der Waals surface area contributed by atoms with Gasteiger partial charge in [-0.1, -0.05) is 64.7 Å². The smallest absolute Gasteiger partial charge is 0.245 e. The molecule has 7 amide bonds. The fraction of sp³-hybridized carbons (Fsp3) is 0.683. The quantitative estimate of drug-likeness (QED) is 0.262. The number of nitrogens with zero attached hydrogens (tertiary/aromatic N) is 3. The summed E-state index contributed by atoms with van der Waals surface area (Å²) in [5.74, 6) is -3.22. The van der Waals surface area contributed by atoms with Crippen molar-refractivity contribution in [3.63, 3.8) is 0 Å². The van der Waals surface area contributed by atoms with Gasteiger partial charge in [0.1, 0.15) is 36.3 Å². The highest BCUT2D eigenvalue weighted by atomic mass is 35.5. The molecule has 14 nitrogen and oxygen atoms in total. The number of rotatable bonds is 11. The van der Waals surface area contributed by atoms with Gasteiger partial charge in [0.15, 0.2) is 0 Å². The third-order valence-corrected chi connectivity index (χ3v) is 11.8. The Morgan fingerprint density at radius 3 is 2.30 bits per heavy atom. The molecule has 2 saturated heterocycles. The Hall–Kier alpha value is -3.91. The minimum atomic E-state index is -1.14. The Labute approximate surface area is 347 Å². The zero-order valence-electron chi connectivity index (χ0n) is 35.0. The first kappa shape index (κ1) is 47.5. The summed E-state index contributed by atoms with van der Waals surface area (Å²) in [7, 11) is 2.96. The van der Waals surface area contributed by atoms with Crippen molar-refractivity contribution in [2.45, 2.75) is 143 Å². The lowest BCUT2D eigenvalue weighted by molar-refractivity contribution is -0.147. The first-order valence-electron chi connectivity index (χ1n) is 20.2. The zero-order valence-corrected chi connectivity index (χ0v) is 36.5. The maximum atomic E-state index is 14.4. The Balaban J connectivity index is 1.94. The van der Waals surface area contributed by atoms with Crippen LogP contribution in [-0.2, 0) is 40.0 Å². The van der Waals surface area contributed by atoms with Crippen LogP contribution in [0.2, 0.25) is 10.0 Å². The monoisotopic (exact) mass is 835 g/mol. The average molecular weight is 837 g/mol. The van der Waals surface area contributed by atoms with E-state index in [1.807, 2.05) is 34.6 Å². The minimum Gasteiger partial charge on any atom is -0.354 e. The van der Waals surface area contributed by atoms with Crippen LogP contribution < -0.4 is 21.3 Å². The topological polar surface area (TPSA) is 177 Å². The predicted molar refractivity (Wildman–Crippen MR) is 220 cm³/mol. The van der Waals surface area contributed by atoms with Gasteiger partial charge in [0.2, 0.25) is 41.4 Å². The molecule has 6 atom stereocenters. The summed E-state index contributed by atoms with van der Waals surface area (Å²) in [5, 5.41) is 12.0. The Morgan fingerprint density at radius 1 is 0.982 bits per heavy atom. The molecule has 0 spiro atoms. The molecule has 2 heterocycles. The summed E-state index contributed by atoms with van der Waals surface area (Å²) in [6.45, 7) is 13.5. The van der Waals surface area contributed by atoms with E-state index in [0.717, 1.165) is 0 Å². The second-order valence-electron chi connectivity index (χ2n) is 16.4. The lowest BCUT2D eigenvalue weighted by Crippen LogP contribution is -2.60. The summed E-state index contributed by atoms with van der Waals surface area (Å²) in [5.41, 5.74) is -0.127. The Morgan fingerprint density at radius 2 is 1.67 bits per heavy atom. The van der Waals surface area contributed by atoms with E-state index in [-0.39, 0.29) is 44.1 Å². The van der Waals surface area contributed by atoms with Crippen molar-refractivity contribution >= 4 is 64.6 Å². The number of likely N-dealkylation sites (tertiary alicyclic amines) is 1. The van der Waals surface area contributed by atoms with Crippen molar-refractivity contribution in [1.82, 2.24) is 36.0 Å². The maximum absolute atomic E-state index is 14.4. The SMILES string of the molecule is CC[C@H](NC(=O)[C@@H]1CCCN1C(=O)C(C)(C)CC)C(=O)N(C)[C@H]1CCCCNC(=O)[C@@H](C)NC(=O)[C@H](Cc2cc(Cl)ccc2Cl)N(C)C(=O)[C@H](CC(C)C)NC1=O. The van der Waals surface area contributed by atoms with Gasteiger partial charge in [0.25, 0.3) is 0 Å². The third kappa shape index (κ3) is 12.5. The van der Waals surface area contributed by atoms with E-state index in [0.29, 0.717) is 54.3 Å². The molecular formula is C41H63Cl2N7O7. The van der Waals surface area contributed by atoms with E-state index in [2.05, 4.69) is 21.3 Å². The summed E-state index contributed by atoms with van der Waals surface area (Å²) < 4.78 is 0. The van der Waals surface area contributed by atoms with Crippen LogP contribution in [0, 0.1) is 11.3 Å². The van der Waals surface area contributed by atoms with Gasteiger partial charge in [-0.05, 0) is 88.0 Å². The first-order chi connectivity index (χ1) is 26.7. The predicted octanol–water partition coefficient (Wildman–Crippen LogP) is 3.85. The molecule has 4 N–H and O–H groups in total.